The van der Waals surface area contributed by atoms with E-state index in [2.05, 4.69) is 4.74 Å². The lowest BCUT2D eigenvalue weighted by molar-refractivity contribution is -0.176. The SMILES string of the molecule is COC(=O)C[C@]1(C(=O)OC)[C@@H](C(=O)OC)C(C(=O)OC)N(C(C)=O)N1C. The van der Waals surface area contributed by atoms with Crippen LogP contribution >= 0.6 is 0 Å². The van der Waals surface area contributed by atoms with E-state index in [0.717, 1.165) is 45.4 Å². The molecule has 0 saturated carbocycles. The molecule has 0 bridgehead atoms. The Balaban J connectivity index is 3.77. The van der Waals surface area contributed by atoms with Gasteiger partial charge in [-0.3, -0.25) is 19.4 Å². The minimum atomic E-state index is -2.04. The number of esters is 4. The van der Waals surface area contributed by atoms with Crippen molar-refractivity contribution in [3.05, 3.63) is 0 Å². The van der Waals surface area contributed by atoms with Crippen LogP contribution in [0, 0.1) is 5.92 Å². The zero-order valence-corrected chi connectivity index (χ0v) is 15.4. The average Bonchev–Trinajstić information content (AvgIpc) is 2.89. The van der Waals surface area contributed by atoms with Gasteiger partial charge in [0.05, 0.1) is 34.9 Å². The second kappa shape index (κ2) is 8.13. The Kier molecular flexibility index (Phi) is 6.67. The number of hydrogen-bond donors (Lipinski definition) is 0. The Morgan fingerprint density at radius 1 is 0.885 bits per heavy atom. The van der Waals surface area contributed by atoms with Gasteiger partial charge in [-0.2, -0.15) is 0 Å². The fourth-order valence-corrected chi connectivity index (χ4v) is 3.22. The highest BCUT2D eigenvalue weighted by atomic mass is 16.5. The first-order valence-electron chi connectivity index (χ1n) is 7.48. The van der Waals surface area contributed by atoms with E-state index in [1.807, 2.05) is 0 Å². The number of carbonyl (C=O) groups excluding carboxylic acids is 5. The lowest BCUT2D eigenvalue weighted by Gasteiger charge is -2.36. The first-order chi connectivity index (χ1) is 12.1. The zero-order valence-electron chi connectivity index (χ0n) is 15.4. The van der Waals surface area contributed by atoms with E-state index in [1.54, 1.807) is 0 Å². The summed E-state index contributed by atoms with van der Waals surface area (Å²) in [6, 6.07) is -1.53. The van der Waals surface area contributed by atoms with Crippen molar-refractivity contribution in [2.45, 2.75) is 24.9 Å². The molecule has 1 heterocycles. The number of rotatable bonds is 5. The quantitative estimate of drug-likeness (QED) is 0.414. The van der Waals surface area contributed by atoms with Crippen LogP contribution in [0.3, 0.4) is 0 Å². The summed E-state index contributed by atoms with van der Waals surface area (Å²) in [4.78, 5) is 61.7. The van der Waals surface area contributed by atoms with Crippen molar-refractivity contribution in [1.29, 1.82) is 0 Å². The first kappa shape index (κ1) is 21.4. The van der Waals surface area contributed by atoms with Crippen LogP contribution in [0.5, 0.6) is 0 Å². The largest absolute Gasteiger partial charge is 0.469 e. The van der Waals surface area contributed by atoms with Crippen LogP contribution in [-0.2, 0) is 42.9 Å². The van der Waals surface area contributed by atoms with Gasteiger partial charge in [0.2, 0.25) is 5.91 Å². The van der Waals surface area contributed by atoms with Crippen molar-refractivity contribution in [2.75, 3.05) is 35.5 Å². The van der Waals surface area contributed by atoms with E-state index in [9.17, 15) is 24.0 Å². The maximum Gasteiger partial charge on any atom is 0.331 e. The molecule has 1 rings (SSSR count). The lowest BCUT2D eigenvalue weighted by Crippen LogP contribution is -2.59. The number of ether oxygens (including phenoxy) is 4. The Labute approximate surface area is 150 Å². The summed E-state index contributed by atoms with van der Waals surface area (Å²) in [5, 5.41) is 1.90. The lowest BCUT2D eigenvalue weighted by atomic mass is 9.78. The normalized spacial score (nSPS) is 25.4. The number of amides is 1. The van der Waals surface area contributed by atoms with Crippen LogP contribution in [0.25, 0.3) is 0 Å². The fraction of sp³-hybridized carbons (Fsp3) is 0.667. The summed E-state index contributed by atoms with van der Waals surface area (Å²) >= 11 is 0. The maximum absolute atomic E-state index is 12.7. The predicted molar refractivity (Wildman–Crippen MR) is 83.0 cm³/mol. The highest BCUT2D eigenvalue weighted by Gasteiger charge is 2.69. The third-order valence-corrected chi connectivity index (χ3v) is 4.40. The van der Waals surface area contributed by atoms with Gasteiger partial charge in [0.15, 0.2) is 11.6 Å². The van der Waals surface area contributed by atoms with Gasteiger partial charge in [-0.05, 0) is 0 Å². The Morgan fingerprint density at radius 3 is 1.81 bits per heavy atom. The number of hydrogen-bond acceptors (Lipinski definition) is 10. The molecule has 0 aromatic rings. The molecular formula is C15H22N2O9. The summed E-state index contributed by atoms with van der Waals surface area (Å²) in [5.74, 6) is -6.07. The van der Waals surface area contributed by atoms with Crippen LogP contribution in [0.1, 0.15) is 13.3 Å². The van der Waals surface area contributed by atoms with Crippen molar-refractivity contribution in [2.24, 2.45) is 5.92 Å². The van der Waals surface area contributed by atoms with Crippen molar-refractivity contribution >= 4 is 29.8 Å². The Bertz CT molecular complexity index is 620. The number of carbonyl (C=O) groups is 5. The van der Waals surface area contributed by atoms with Gasteiger partial charge in [0.25, 0.3) is 0 Å². The molecule has 1 amide bonds. The third kappa shape index (κ3) is 3.21. The van der Waals surface area contributed by atoms with Crippen LogP contribution in [0.2, 0.25) is 0 Å². The molecule has 0 aliphatic carbocycles. The standard InChI is InChI=1S/C15H22N2O9/c1-8(18)17-11(13(21)25-5)10(12(20)24-4)15(16(17)2,14(22)26-6)7-9(19)23-3/h10-11H,7H2,1-6H3/t10-,11?,15-/m1/s1. The van der Waals surface area contributed by atoms with Crippen molar-refractivity contribution < 1.29 is 42.9 Å². The van der Waals surface area contributed by atoms with Gasteiger partial charge < -0.3 is 18.9 Å². The smallest absolute Gasteiger partial charge is 0.331 e. The second-order valence-corrected chi connectivity index (χ2v) is 5.52. The van der Waals surface area contributed by atoms with E-state index < -0.39 is 53.7 Å². The molecule has 11 heteroatoms. The minimum Gasteiger partial charge on any atom is -0.469 e. The maximum atomic E-state index is 12.7. The topological polar surface area (TPSA) is 129 Å². The monoisotopic (exact) mass is 374 g/mol. The number of likely N-dealkylation sites (N-methyl/N-ethyl adjacent to an activating group) is 1. The number of hydrazine groups is 1. The van der Waals surface area contributed by atoms with Crippen molar-refractivity contribution in [3.63, 3.8) is 0 Å². The van der Waals surface area contributed by atoms with E-state index >= 15 is 0 Å². The van der Waals surface area contributed by atoms with Gasteiger partial charge in [0.1, 0.15) is 5.92 Å². The minimum absolute atomic E-state index is 0.660. The van der Waals surface area contributed by atoms with Crippen LogP contribution in [0.4, 0.5) is 0 Å². The third-order valence-electron chi connectivity index (χ3n) is 4.40. The highest BCUT2D eigenvalue weighted by molar-refractivity contribution is 5.99. The van der Waals surface area contributed by atoms with Crippen LogP contribution in [0.15, 0.2) is 0 Å². The molecule has 1 unspecified atom stereocenters. The fourth-order valence-electron chi connectivity index (χ4n) is 3.22. The van der Waals surface area contributed by atoms with E-state index in [4.69, 9.17) is 14.2 Å². The molecule has 0 aromatic carbocycles. The van der Waals surface area contributed by atoms with Gasteiger partial charge in [-0.1, -0.05) is 0 Å². The van der Waals surface area contributed by atoms with Crippen molar-refractivity contribution in [1.82, 2.24) is 10.0 Å². The van der Waals surface area contributed by atoms with Gasteiger partial charge >= 0.3 is 23.9 Å². The molecule has 0 N–H and O–H groups in total. The molecule has 1 aliphatic rings. The van der Waals surface area contributed by atoms with Crippen LogP contribution < -0.4 is 0 Å². The average molecular weight is 374 g/mol. The summed E-state index contributed by atoms with van der Waals surface area (Å²) in [6.45, 7) is 1.13. The molecule has 1 saturated heterocycles. The Hall–Kier alpha value is -2.69. The summed E-state index contributed by atoms with van der Waals surface area (Å²) < 4.78 is 18.8. The molecule has 26 heavy (non-hydrogen) atoms. The molecule has 0 radical (unpaired) electrons. The van der Waals surface area contributed by atoms with E-state index in [0.29, 0.717) is 0 Å². The second-order valence-electron chi connectivity index (χ2n) is 5.52. The number of methoxy groups -OCH3 is 4. The first-order valence-corrected chi connectivity index (χ1v) is 7.48. The molecule has 1 aliphatic heterocycles. The number of nitrogens with zero attached hydrogens (tertiary/aromatic N) is 2. The summed E-state index contributed by atoms with van der Waals surface area (Å²) in [6.07, 6.45) is -0.663. The van der Waals surface area contributed by atoms with Gasteiger partial charge in [0, 0.05) is 14.0 Å². The zero-order chi connectivity index (χ0) is 20.2. The molecule has 0 spiro atoms. The summed E-state index contributed by atoms with van der Waals surface area (Å²) in [5.41, 5.74) is -2.04. The summed E-state index contributed by atoms with van der Waals surface area (Å²) in [7, 11) is 5.53. The molecule has 146 valence electrons. The van der Waals surface area contributed by atoms with E-state index in [-0.39, 0.29) is 0 Å². The van der Waals surface area contributed by atoms with Gasteiger partial charge in [-0.15, -0.1) is 0 Å². The molecule has 0 aromatic heterocycles. The molecular weight excluding hydrogens is 352 g/mol. The highest BCUT2D eigenvalue weighted by Crippen LogP contribution is 2.43. The molecule has 1 fully saturated rings. The molecule has 11 nitrogen and oxygen atoms in total. The van der Waals surface area contributed by atoms with Crippen molar-refractivity contribution in [3.8, 4) is 0 Å². The van der Waals surface area contributed by atoms with Gasteiger partial charge in [-0.25, -0.2) is 14.6 Å². The van der Waals surface area contributed by atoms with Crippen LogP contribution in [-0.4, -0.2) is 86.9 Å². The Morgan fingerprint density at radius 2 is 1.42 bits per heavy atom. The van der Waals surface area contributed by atoms with E-state index in [1.165, 1.54) is 7.05 Å². The predicted octanol–water partition coefficient (Wildman–Crippen LogP) is -1.50. The molecule has 3 atom stereocenters.